The summed E-state index contributed by atoms with van der Waals surface area (Å²) < 4.78 is 5.90. The van der Waals surface area contributed by atoms with Gasteiger partial charge >= 0.3 is 0 Å². The number of aromatic hydroxyl groups is 1. The van der Waals surface area contributed by atoms with E-state index in [4.69, 9.17) is 4.74 Å². The number of nitrogens with zero attached hydrogens (tertiary/aromatic N) is 1. The van der Waals surface area contributed by atoms with E-state index in [2.05, 4.69) is 17.1 Å². The Morgan fingerprint density at radius 1 is 1.11 bits per heavy atom. The standard InChI is InChI=1S/C23H27N3O2/c1-17-9-11-26(12-10-17)13-14-28-19-7-8-20(22(27)15-19)23-21(16-24-25-23)18-5-3-2-4-6-18/h2-8,15-17,27H,9-14H2,1H3,(H,24,25)/p+1. The molecule has 1 aliphatic heterocycles. The van der Waals surface area contributed by atoms with Crippen LogP contribution in [0.15, 0.2) is 54.7 Å². The van der Waals surface area contributed by atoms with E-state index in [0.29, 0.717) is 12.4 Å². The minimum absolute atomic E-state index is 0.193. The number of H-pyrrole nitrogens is 1. The maximum Gasteiger partial charge on any atom is 0.137 e. The monoisotopic (exact) mass is 378 g/mol. The SMILES string of the molecule is CC1CC[NH+](CCOc2ccc(-c3[nH]ncc3-c3ccccc3)c(O)c2)CC1. The molecule has 4 rings (SSSR count). The highest BCUT2D eigenvalue weighted by Crippen LogP contribution is 2.36. The van der Waals surface area contributed by atoms with Gasteiger partial charge in [-0.05, 0) is 36.5 Å². The normalized spacial score (nSPS) is 19.5. The lowest BCUT2D eigenvalue weighted by Gasteiger charge is -2.27. The summed E-state index contributed by atoms with van der Waals surface area (Å²) in [5, 5.41) is 17.8. The van der Waals surface area contributed by atoms with Crippen LogP contribution in [0, 0.1) is 5.92 Å². The van der Waals surface area contributed by atoms with Crippen LogP contribution in [-0.4, -0.2) is 41.5 Å². The molecule has 1 fully saturated rings. The Morgan fingerprint density at radius 3 is 2.64 bits per heavy atom. The van der Waals surface area contributed by atoms with Gasteiger partial charge in [-0.1, -0.05) is 37.3 Å². The van der Waals surface area contributed by atoms with Crippen molar-refractivity contribution in [2.24, 2.45) is 5.92 Å². The Bertz CT molecular complexity index is 899. The molecule has 146 valence electrons. The molecule has 1 aliphatic rings. The number of benzene rings is 2. The van der Waals surface area contributed by atoms with Gasteiger partial charge in [-0.2, -0.15) is 5.10 Å². The Balaban J connectivity index is 1.42. The number of ether oxygens (including phenoxy) is 1. The number of hydrogen-bond donors (Lipinski definition) is 3. The van der Waals surface area contributed by atoms with Crippen LogP contribution >= 0.6 is 0 Å². The van der Waals surface area contributed by atoms with E-state index in [1.807, 2.05) is 42.5 Å². The lowest BCUT2D eigenvalue weighted by molar-refractivity contribution is -0.906. The van der Waals surface area contributed by atoms with Crippen LogP contribution in [0.3, 0.4) is 0 Å². The number of hydrogen-bond acceptors (Lipinski definition) is 3. The van der Waals surface area contributed by atoms with Crippen LogP contribution in [0.5, 0.6) is 11.5 Å². The zero-order valence-electron chi connectivity index (χ0n) is 16.3. The predicted octanol–water partition coefficient (Wildman–Crippen LogP) is 3.14. The molecule has 1 saturated heterocycles. The average molecular weight is 378 g/mol. The summed E-state index contributed by atoms with van der Waals surface area (Å²) in [4.78, 5) is 1.61. The second-order valence-corrected chi connectivity index (χ2v) is 7.73. The third kappa shape index (κ3) is 4.20. The van der Waals surface area contributed by atoms with Gasteiger partial charge in [0.05, 0.1) is 25.0 Å². The topological polar surface area (TPSA) is 62.6 Å². The number of piperidine rings is 1. The zero-order chi connectivity index (χ0) is 19.3. The van der Waals surface area contributed by atoms with E-state index >= 15 is 0 Å². The van der Waals surface area contributed by atoms with Crippen LogP contribution in [0.2, 0.25) is 0 Å². The third-order valence-electron chi connectivity index (χ3n) is 5.67. The molecule has 0 atom stereocenters. The molecular weight excluding hydrogens is 350 g/mol. The lowest BCUT2D eigenvalue weighted by Crippen LogP contribution is -3.13. The third-order valence-corrected chi connectivity index (χ3v) is 5.67. The van der Waals surface area contributed by atoms with Crippen molar-refractivity contribution >= 4 is 0 Å². The molecule has 28 heavy (non-hydrogen) atoms. The summed E-state index contributed by atoms with van der Waals surface area (Å²) in [6.45, 7) is 6.48. The highest BCUT2D eigenvalue weighted by molar-refractivity contribution is 5.83. The number of nitrogens with one attached hydrogen (secondary N) is 2. The summed E-state index contributed by atoms with van der Waals surface area (Å²) in [6.07, 6.45) is 4.40. The van der Waals surface area contributed by atoms with Gasteiger partial charge in [0.15, 0.2) is 0 Å². The smallest absolute Gasteiger partial charge is 0.137 e. The summed E-state index contributed by atoms with van der Waals surface area (Å²) in [7, 11) is 0. The Hall–Kier alpha value is -2.79. The molecule has 3 N–H and O–H groups in total. The van der Waals surface area contributed by atoms with Gasteiger partial charge < -0.3 is 14.7 Å². The molecule has 3 aromatic rings. The van der Waals surface area contributed by atoms with Crippen molar-refractivity contribution in [2.75, 3.05) is 26.2 Å². The van der Waals surface area contributed by atoms with E-state index < -0.39 is 0 Å². The highest BCUT2D eigenvalue weighted by Gasteiger charge is 2.19. The molecular formula is C23H28N3O2+. The first-order chi connectivity index (χ1) is 13.7. The molecule has 0 spiro atoms. The molecule has 0 unspecified atom stereocenters. The van der Waals surface area contributed by atoms with Gasteiger partial charge in [0.25, 0.3) is 0 Å². The van der Waals surface area contributed by atoms with Crippen LogP contribution in [-0.2, 0) is 0 Å². The Labute approximate surface area is 166 Å². The van der Waals surface area contributed by atoms with Crippen molar-refractivity contribution in [1.29, 1.82) is 0 Å². The first-order valence-electron chi connectivity index (χ1n) is 10.1. The fraction of sp³-hybridized carbons (Fsp3) is 0.348. The van der Waals surface area contributed by atoms with Crippen molar-refractivity contribution in [3.05, 3.63) is 54.7 Å². The number of aromatic amines is 1. The van der Waals surface area contributed by atoms with Crippen LogP contribution in [0.1, 0.15) is 19.8 Å². The molecule has 2 heterocycles. The number of quaternary nitrogens is 1. The van der Waals surface area contributed by atoms with E-state index in [9.17, 15) is 5.11 Å². The predicted molar refractivity (Wildman–Crippen MR) is 111 cm³/mol. The maximum absolute atomic E-state index is 10.6. The van der Waals surface area contributed by atoms with Gasteiger partial charge in [-0.3, -0.25) is 5.10 Å². The Morgan fingerprint density at radius 2 is 1.89 bits per heavy atom. The quantitative estimate of drug-likeness (QED) is 0.617. The van der Waals surface area contributed by atoms with E-state index in [-0.39, 0.29) is 5.75 Å². The Kier molecular flexibility index (Phi) is 5.63. The highest BCUT2D eigenvalue weighted by atomic mass is 16.5. The van der Waals surface area contributed by atoms with Gasteiger partial charge in [-0.25, -0.2) is 0 Å². The first-order valence-corrected chi connectivity index (χ1v) is 10.1. The molecule has 5 heteroatoms. The molecule has 0 aliphatic carbocycles. The van der Waals surface area contributed by atoms with Crippen molar-refractivity contribution in [1.82, 2.24) is 10.2 Å². The maximum atomic E-state index is 10.6. The number of rotatable bonds is 6. The van der Waals surface area contributed by atoms with Gasteiger partial charge in [0, 0.05) is 17.2 Å². The molecule has 0 amide bonds. The van der Waals surface area contributed by atoms with E-state index in [1.54, 1.807) is 17.2 Å². The van der Waals surface area contributed by atoms with Gasteiger partial charge in [0.1, 0.15) is 24.7 Å². The van der Waals surface area contributed by atoms with Crippen molar-refractivity contribution in [2.45, 2.75) is 19.8 Å². The number of aromatic nitrogens is 2. The summed E-state index contributed by atoms with van der Waals surface area (Å²) in [5.41, 5.74) is 3.55. The molecule has 0 bridgehead atoms. The van der Waals surface area contributed by atoms with Crippen LogP contribution in [0.25, 0.3) is 22.4 Å². The second-order valence-electron chi connectivity index (χ2n) is 7.73. The first kappa shape index (κ1) is 18.6. The molecule has 5 nitrogen and oxygen atoms in total. The minimum Gasteiger partial charge on any atom is -0.507 e. The van der Waals surface area contributed by atoms with Gasteiger partial charge in [-0.15, -0.1) is 0 Å². The second kappa shape index (κ2) is 8.48. The van der Waals surface area contributed by atoms with Gasteiger partial charge in [0.2, 0.25) is 0 Å². The summed E-state index contributed by atoms with van der Waals surface area (Å²) in [6, 6.07) is 15.5. The number of likely N-dealkylation sites (tertiary alicyclic amines) is 1. The fourth-order valence-electron chi connectivity index (χ4n) is 3.87. The van der Waals surface area contributed by atoms with E-state index in [0.717, 1.165) is 34.8 Å². The fourth-order valence-corrected chi connectivity index (χ4v) is 3.87. The van der Waals surface area contributed by atoms with Crippen molar-refractivity contribution < 1.29 is 14.7 Å². The lowest BCUT2D eigenvalue weighted by atomic mass is 9.99. The molecule has 0 radical (unpaired) electrons. The minimum atomic E-state index is 0.193. The molecule has 0 saturated carbocycles. The van der Waals surface area contributed by atoms with E-state index in [1.165, 1.54) is 25.9 Å². The van der Waals surface area contributed by atoms with Crippen LogP contribution < -0.4 is 9.64 Å². The zero-order valence-corrected chi connectivity index (χ0v) is 16.3. The largest absolute Gasteiger partial charge is 0.507 e. The van der Waals surface area contributed by atoms with Crippen molar-refractivity contribution in [3.63, 3.8) is 0 Å². The molecule has 2 aromatic carbocycles. The average Bonchev–Trinajstić information content (AvgIpc) is 3.20. The summed E-state index contributed by atoms with van der Waals surface area (Å²) in [5.74, 6) is 1.75. The number of phenolic OH excluding ortho intramolecular Hbond substituents is 1. The molecule has 1 aromatic heterocycles. The van der Waals surface area contributed by atoms with Crippen LogP contribution in [0.4, 0.5) is 0 Å². The van der Waals surface area contributed by atoms with Crippen molar-refractivity contribution in [3.8, 4) is 33.9 Å². The number of phenols is 1. The summed E-state index contributed by atoms with van der Waals surface area (Å²) >= 11 is 0.